The number of nitrogens with one attached hydrogen (secondary N) is 2. The zero-order chi connectivity index (χ0) is 17.8. The molecule has 0 atom stereocenters. The average molecular weight is 340 g/mol. The number of piperazine rings is 1. The lowest BCUT2D eigenvalue weighted by Gasteiger charge is -2.31. The fraction of sp³-hybridized carbons (Fsp3) is 0.421. The van der Waals surface area contributed by atoms with Crippen LogP contribution in [0, 0.1) is 20.8 Å². The number of hydrogen-bond acceptors (Lipinski definition) is 4. The fourth-order valence-corrected chi connectivity index (χ4v) is 3.44. The molecule has 2 aromatic rings. The molecule has 25 heavy (non-hydrogen) atoms. The highest BCUT2D eigenvalue weighted by Gasteiger charge is 2.23. The Balaban J connectivity index is 1.53. The number of aromatic nitrogens is 2. The molecule has 0 bridgehead atoms. The van der Waals surface area contributed by atoms with Gasteiger partial charge in [-0.1, -0.05) is 17.7 Å². The molecule has 1 amide bonds. The number of hydrogen-bond donors (Lipinski definition) is 2. The molecule has 1 aliphatic rings. The summed E-state index contributed by atoms with van der Waals surface area (Å²) in [5.74, 6) is 0.853. The van der Waals surface area contributed by atoms with Gasteiger partial charge in [-0.05, 0) is 38.0 Å². The first kappa shape index (κ1) is 17.4. The number of amides is 1. The van der Waals surface area contributed by atoms with Crippen LogP contribution in [0.2, 0.25) is 0 Å². The van der Waals surface area contributed by atoms with Crippen LogP contribution in [0.1, 0.15) is 16.7 Å². The summed E-state index contributed by atoms with van der Waals surface area (Å²) in [5, 5.41) is 3.10. The third-order valence-electron chi connectivity index (χ3n) is 4.66. The first-order valence-electron chi connectivity index (χ1n) is 8.76. The van der Waals surface area contributed by atoms with Crippen LogP contribution < -0.4 is 15.1 Å². The molecule has 2 heterocycles. The Kier molecular flexibility index (Phi) is 5.28. The minimum absolute atomic E-state index is 0.0782. The normalized spacial score (nSPS) is 15.2. The molecule has 2 N–H and O–H groups in total. The Morgan fingerprint density at radius 2 is 1.72 bits per heavy atom. The van der Waals surface area contributed by atoms with Crippen LogP contribution >= 0.6 is 0 Å². The van der Waals surface area contributed by atoms with Crippen LogP contribution in [0.15, 0.2) is 30.6 Å². The van der Waals surface area contributed by atoms with Gasteiger partial charge in [0.05, 0.1) is 26.2 Å². The molecule has 1 saturated heterocycles. The lowest BCUT2D eigenvalue weighted by atomic mass is 10.1. The molecule has 0 aliphatic carbocycles. The minimum Gasteiger partial charge on any atom is -0.330 e. The highest BCUT2D eigenvalue weighted by atomic mass is 16.2. The molecular weight excluding hydrogens is 314 g/mol. The number of benzene rings is 1. The van der Waals surface area contributed by atoms with Crippen LogP contribution in [0.5, 0.6) is 0 Å². The second-order valence-electron chi connectivity index (χ2n) is 6.78. The highest BCUT2D eigenvalue weighted by Crippen LogP contribution is 2.21. The minimum atomic E-state index is 0.0782. The lowest BCUT2D eigenvalue weighted by molar-refractivity contribution is -0.892. The van der Waals surface area contributed by atoms with Crippen LogP contribution in [-0.4, -0.2) is 48.6 Å². The van der Waals surface area contributed by atoms with Crippen molar-refractivity contribution in [3.8, 4) is 0 Å². The molecule has 1 aliphatic heterocycles. The monoisotopic (exact) mass is 340 g/mol. The first-order chi connectivity index (χ1) is 12.0. The summed E-state index contributed by atoms with van der Waals surface area (Å²) in [5.41, 5.74) is 4.41. The van der Waals surface area contributed by atoms with Crippen molar-refractivity contribution in [3.05, 3.63) is 47.3 Å². The van der Waals surface area contributed by atoms with Crippen LogP contribution in [-0.2, 0) is 4.79 Å². The predicted octanol–water partition coefficient (Wildman–Crippen LogP) is 0.745. The number of anilines is 2. The van der Waals surface area contributed by atoms with Crippen molar-refractivity contribution in [2.45, 2.75) is 20.8 Å². The quantitative estimate of drug-likeness (QED) is 0.862. The lowest BCUT2D eigenvalue weighted by Crippen LogP contribution is -3.15. The van der Waals surface area contributed by atoms with Crippen LogP contribution in [0.25, 0.3) is 0 Å². The maximum atomic E-state index is 12.5. The molecule has 1 fully saturated rings. The van der Waals surface area contributed by atoms with Gasteiger partial charge >= 0.3 is 0 Å². The van der Waals surface area contributed by atoms with Gasteiger partial charge in [0.1, 0.15) is 0 Å². The van der Waals surface area contributed by atoms with E-state index in [4.69, 9.17) is 0 Å². The molecule has 0 radical (unpaired) electrons. The molecule has 0 saturated carbocycles. The Hall–Kier alpha value is -2.47. The summed E-state index contributed by atoms with van der Waals surface area (Å²) < 4.78 is 0. The molecule has 1 aromatic carbocycles. The van der Waals surface area contributed by atoms with Gasteiger partial charge in [0.25, 0.3) is 5.91 Å². The Labute approximate surface area is 148 Å². The van der Waals surface area contributed by atoms with Gasteiger partial charge in [0.15, 0.2) is 6.54 Å². The van der Waals surface area contributed by atoms with Crippen molar-refractivity contribution in [1.29, 1.82) is 0 Å². The smallest absolute Gasteiger partial charge is 0.279 e. The van der Waals surface area contributed by atoms with Gasteiger partial charge in [0, 0.05) is 18.1 Å². The van der Waals surface area contributed by atoms with Crippen molar-refractivity contribution in [2.24, 2.45) is 0 Å². The Bertz CT molecular complexity index is 716. The predicted molar refractivity (Wildman–Crippen MR) is 99.1 cm³/mol. The number of rotatable bonds is 4. The van der Waals surface area contributed by atoms with Crippen molar-refractivity contribution in [3.63, 3.8) is 0 Å². The van der Waals surface area contributed by atoms with Crippen molar-refractivity contribution in [1.82, 2.24) is 9.97 Å². The summed E-state index contributed by atoms with van der Waals surface area (Å²) in [7, 11) is 0. The number of quaternary nitrogens is 1. The van der Waals surface area contributed by atoms with Gasteiger partial charge in [-0.3, -0.25) is 4.79 Å². The first-order valence-corrected chi connectivity index (χ1v) is 8.76. The number of aryl methyl sites for hydroxylation is 3. The van der Waals surface area contributed by atoms with E-state index in [9.17, 15) is 4.79 Å². The SMILES string of the molecule is Cc1cc(C)c(NC(=O)C[NH+]2CCN(c3ncccn3)CC2)c(C)c1. The summed E-state index contributed by atoms with van der Waals surface area (Å²) in [6.45, 7) is 10.2. The van der Waals surface area contributed by atoms with Crippen molar-refractivity contribution < 1.29 is 9.69 Å². The van der Waals surface area contributed by atoms with Crippen LogP contribution in [0.4, 0.5) is 11.6 Å². The summed E-state index contributed by atoms with van der Waals surface area (Å²) in [6, 6.07) is 6.03. The van der Waals surface area contributed by atoms with Gasteiger partial charge in [0.2, 0.25) is 5.95 Å². The van der Waals surface area contributed by atoms with E-state index in [1.54, 1.807) is 12.4 Å². The molecule has 1 aromatic heterocycles. The van der Waals surface area contributed by atoms with Gasteiger partial charge in [-0.15, -0.1) is 0 Å². The van der Waals surface area contributed by atoms with Crippen molar-refractivity contribution in [2.75, 3.05) is 42.9 Å². The van der Waals surface area contributed by atoms with E-state index in [1.165, 1.54) is 10.5 Å². The van der Waals surface area contributed by atoms with E-state index in [1.807, 2.05) is 19.9 Å². The van der Waals surface area contributed by atoms with E-state index in [-0.39, 0.29) is 5.91 Å². The fourth-order valence-electron chi connectivity index (χ4n) is 3.44. The van der Waals surface area contributed by atoms with Gasteiger partial charge < -0.3 is 15.1 Å². The maximum absolute atomic E-state index is 12.5. The Morgan fingerprint density at radius 3 is 2.32 bits per heavy atom. The Morgan fingerprint density at radius 1 is 1.12 bits per heavy atom. The van der Waals surface area contributed by atoms with E-state index in [0.717, 1.165) is 48.9 Å². The molecule has 132 valence electrons. The maximum Gasteiger partial charge on any atom is 0.279 e. The van der Waals surface area contributed by atoms with Gasteiger partial charge in [-0.2, -0.15) is 0 Å². The van der Waals surface area contributed by atoms with E-state index >= 15 is 0 Å². The molecule has 0 spiro atoms. The van der Waals surface area contributed by atoms with Crippen LogP contribution in [0.3, 0.4) is 0 Å². The van der Waals surface area contributed by atoms with E-state index in [0.29, 0.717) is 6.54 Å². The highest BCUT2D eigenvalue weighted by molar-refractivity contribution is 5.93. The van der Waals surface area contributed by atoms with Crippen molar-refractivity contribution >= 4 is 17.5 Å². The average Bonchev–Trinajstić information content (AvgIpc) is 2.59. The third kappa shape index (κ3) is 4.33. The van der Waals surface area contributed by atoms with E-state index < -0.39 is 0 Å². The third-order valence-corrected chi connectivity index (χ3v) is 4.66. The number of carbonyl (C=O) groups excluding carboxylic acids is 1. The number of nitrogens with zero attached hydrogens (tertiary/aromatic N) is 3. The molecule has 0 unspecified atom stereocenters. The van der Waals surface area contributed by atoms with Gasteiger partial charge in [-0.25, -0.2) is 9.97 Å². The standard InChI is InChI=1S/C19H25N5O/c1-14-11-15(2)18(16(3)12-14)22-17(25)13-23-7-9-24(10-8-23)19-20-5-4-6-21-19/h4-6,11-12H,7-10,13H2,1-3H3,(H,22,25)/p+1. The zero-order valence-corrected chi connectivity index (χ0v) is 15.2. The summed E-state index contributed by atoms with van der Waals surface area (Å²) in [6.07, 6.45) is 3.53. The topological polar surface area (TPSA) is 62.6 Å². The number of carbonyl (C=O) groups is 1. The summed E-state index contributed by atoms with van der Waals surface area (Å²) in [4.78, 5) is 24.5. The largest absolute Gasteiger partial charge is 0.330 e. The molecular formula is C19H26N5O+. The second-order valence-corrected chi connectivity index (χ2v) is 6.78. The molecule has 6 nitrogen and oxygen atoms in total. The van der Waals surface area contributed by atoms with E-state index in [2.05, 4.69) is 39.2 Å². The molecule has 3 rings (SSSR count). The molecule has 6 heteroatoms. The zero-order valence-electron chi connectivity index (χ0n) is 15.2. The second kappa shape index (κ2) is 7.61. The summed E-state index contributed by atoms with van der Waals surface area (Å²) >= 11 is 0.